The fraction of sp³-hybridized carbons (Fsp3) is 0.296. The van der Waals surface area contributed by atoms with Crippen LogP contribution in [0.4, 0.5) is 4.39 Å². The summed E-state index contributed by atoms with van der Waals surface area (Å²) in [7, 11) is -8.18. The quantitative estimate of drug-likeness (QED) is 0.428. The third-order valence-corrected chi connectivity index (χ3v) is 8.82. The van der Waals surface area contributed by atoms with Gasteiger partial charge >= 0.3 is 0 Å². The van der Waals surface area contributed by atoms with Crippen LogP contribution in [0.2, 0.25) is 0 Å². The van der Waals surface area contributed by atoms with Crippen LogP contribution in [0, 0.1) is 11.7 Å². The van der Waals surface area contributed by atoms with Crippen molar-refractivity contribution in [3.63, 3.8) is 0 Å². The van der Waals surface area contributed by atoms with E-state index in [4.69, 9.17) is 4.74 Å². The predicted octanol–water partition coefficient (Wildman–Crippen LogP) is 4.97. The van der Waals surface area contributed by atoms with Crippen LogP contribution in [0.25, 0.3) is 11.1 Å². The van der Waals surface area contributed by atoms with E-state index in [0.717, 1.165) is 49.1 Å². The van der Waals surface area contributed by atoms with Crippen molar-refractivity contribution in [1.82, 2.24) is 4.72 Å². The molecule has 37 heavy (non-hydrogen) atoms. The number of hydrogen-bond acceptors (Lipinski definition) is 6. The zero-order valence-electron chi connectivity index (χ0n) is 20.3. The maximum Gasteiger partial charge on any atom is 0.264 e. The van der Waals surface area contributed by atoms with Gasteiger partial charge in [-0.2, -0.15) is 0 Å². The van der Waals surface area contributed by atoms with E-state index >= 15 is 0 Å². The zero-order valence-corrected chi connectivity index (χ0v) is 21.9. The zero-order chi connectivity index (χ0) is 26.6. The monoisotopic (exact) mass is 545 g/mol. The van der Waals surface area contributed by atoms with Gasteiger partial charge in [0.1, 0.15) is 16.5 Å². The topological polar surface area (TPSA) is 107 Å². The van der Waals surface area contributed by atoms with Crippen molar-refractivity contribution in [1.29, 1.82) is 0 Å². The summed E-state index contributed by atoms with van der Waals surface area (Å²) >= 11 is 0. The first kappa shape index (κ1) is 26.8. The van der Waals surface area contributed by atoms with Gasteiger partial charge in [0.25, 0.3) is 15.9 Å². The minimum absolute atomic E-state index is 0.0882. The van der Waals surface area contributed by atoms with Crippen molar-refractivity contribution < 1.29 is 30.8 Å². The van der Waals surface area contributed by atoms with Crippen LogP contribution in [0.5, 0.6) is 5.75 Å². The molecule has 0 spiro atoms. The Labute approximate surface area is 216 Å². The second-order valence-electron chi connectivity index (χ2n) is 9.21. The van der Waals surface area contributed by atoms with Crippen molar-refractivity contribution in [2.75, 3.05) is 12.9 Å². The summed E-state index contributed by atoms with van der Waals surface area (Å²) in [6.45, 7) is 0.360. The predicted molar refractivity (Wildman–Crippen MR) is 138 cm³/mol. The number of carbonyl (C=O) groups is 1. The van der Waals surface area contributed by atoms with Gasteiger partial charge < -0.3 is 4.74 Å². The van der Waals surface area contributed by atoms with Crippen LogP contribution >= 0.6 is 0 Å². The normalized spacial score (nSPS) is 14.8. The molecule has 1 aliphatic carbocycles. The molecule has 0 heterocycles. The van der Waals surface area contributed by atoms with Gasteiger partial charge in [0, 0.05) is 11.8 Å². The number of rotatable bonds is 8. The van der Waals surface area contributed by atoms with Crippen LogP contribution < -0.4 is 9.46 Å². The minimum Gasteiger partial charge on any atom is -0.492 e. The lowest BCUT2D eigenvalue weighted by Gasteiger charge is -2.22. The highest BCUT2D eigenvalue weighted by Crippen LogP contribution is 2.30. The summed E-state index contributed by atoms with van der Waals surface area (Å²) in [6, 6.07) is 15.5. The third-order valence-electron chi connectivity index (χ3n) is 6.38. The summed E-state index contributed by atoms with van der Waals surface area (Å²) in [5.41, 5.74) is 1.55. The molecule has 0 radical (unpaired) electrons. The van der Waals surface area contributed by atoms with Crippen molar-refractivity contribution in [3.8, 4) is 16.9 Å². The van der Waals surface area contributed by atoms with E-state index in [-0.39, 0.29) is 26.9 Å². The molecule has 1 fully saturated rings. The van der Waals surface area contributed by atoms with Crippen molar-refractivity contribution >= 4 is 25.8 Å². The molecule has 0 bridgehead atoms. The highest BCUT2D eigenvalue weighted by atomic mass is 32.2. The number of nitrogens with one attached hydrogen (secondary N) is 1. The number of carbonyl (C=O) groups excluding carboxylic acids is 1. The average Bonchev–Trinajstić information content (AvgIpc) is 2.88. The van der Waals surface area contributed by atoms with E-state index in [1.165, 1.54) is 42.8 Å². The maximum absolute atomic E-state index is 13.1. The Hall–Kier alpha value is -3.24. The first-order valence-electron chi connectivity index (χ1n) is 11.9. The molecule has 0 saturated heterocycles. The van der Waals surface area contributed by atoms with Gasteiger partial charge in [0.2, 0.25) is 0 Å². The van der Waals surface area contributed by atoms with Gasteiger partial charge in [-0.25, -0.2) is 25.9 Å². The molecule has 1 amide bonds. The molecule has 1 saturated carbocycles. The summed E-state index contributed by atoms with van der Waals surface area (Å²) in [5.74, 6) is -0.815. The molecular formula is C27H28FNO6S2. The molecule has 3 aromatic carbocycles. The van der Waals surface area contributed by atoms with Gasteiger partial charge in [-0.15, -0.1) is 0 Å². The lowest BCUT2D eigenvalue weighted by molar-refractivity contribution is 0.0981. The molecule has 0 unspecified atom stereocenters. The number of hydrogen-bond donors (Lipinski definition) is 1. The molecule has 1 N–H and O–H groups in total. The Morgan fingerprint density at radius 2 is 1.49 bits per heavy atom. The summed E-state index contributed by atoms with van der Waals surface area (Å²) < 4.78 is 71.6. The van der Waals surface area contributed by atoms with Crippen molar-refractivity contribution in [2.45, 2.75) is 41.9 Å². The molecule has 4 rings (SSSR count). The van der Waals surface area contributed by atoms with Crippen LogP contribution in [-0.4, -0.2) is 35.6 Å². The number of sulfone groups is 1. The molecule has 7 nitrogen and oxygen atoms in total. The Morgan fingerprint density at radius 3 is 2.08 bits per heavy atom. The number of halogens is 1. The van der Waals surface area contributed by atoms with Gasteiger partial charge in [-0.05, 0) is 72.4 Å². The molecule has 3 aromatic rings. The van der Waals surface area contributed by atoms with Crippen LogP contribution in [0.3, 0.4) is 0 Å². The van der Waals surface area contributed by atoms with E-state index < -0.39 is 25.8 Å². The Bertz CT molecular complexity index is 1480. The number of amides is 1. The SMILES string of the molecule is CS(=O)(=O)c1cc(S(=O)(=O)NC(=O)c2ccc(-c3ccc(F)cc3)cc2)ccc1OCC1CCCCC1. The average molecular weight is 546 g/mol. The molecule has 0 aromatic heterocycles. The lowest BCUT2D eigenvalue weighted by Crippen LogP contribution is -2.30. The smallest absolute Gasteiger partial charge is 0.264 e. The summed E-state index contributed by atoms with van der Waals surface area (Å²) in [6.07, 6.45) is 6.40. The van der Waals surface area contributed by atoms with Gasteiger partial charge in [0.15, 0.2) is 9.84 Å². The second-order valence-corrected chi connectivity index (χ2v) is 12.9. The fourth-order valence-electron chi connectivity index (χ4n) is 4.32. The summed E-state index contributed by atoms with van der Waals surface area (Å²) in [5, 5.41) is 0. The van der Waals surface area contributed by atoms with Gasteiger partial charge in [-0.1, -0.05) is 43.5 Å². The van der Waals surface area contributed by atoms with E-state index in [1.54, 1.807) is 24.3 Å². The van der Waals surface area contributed by atoms with Gasteiger partial charge in [0.05, 0.1) is 11.5 Å². The molecule has 196 valence electrons. The first-order chi connectivity index (χ1) is 17.5. The molecule has 0 aliphatic heterocycles. The van der Waals surface area contributed by atoms with E-state index in [0.29, 0.717) is 12.5 Å². The number of benzene rings is 3. The Balaban J connectivity index is 1.51. The van der Waals surface area contributed by atoms with Crippen molar-refractivity contribution in [2.24, 2.45) is 5.92 Å². The number of ether oxygens (including phenoxy) is 1. The molecule has 1 aliphatic rings. The largest absolute Gasteiger partial charge is 0.492 e. The highest BCUT2D eigenvalue weighted by molar-refractivity contribution is 7.91. The van der Waals surface area contributed by atoms with Crippen LogP contribution in [0.1, 0.15) is 42.5 Å². The van der Waals surface area contributed by atoms with Crippen LogP contribution in [0.15, 0.2) is 76.5 Å². The standard InChI is InChI=1S/C27H28FNO6S2/c1-36(31,32)26-17-24(15-16-25(26)35-18-19-5-3-2-4-6-19)37(33,34)29-27(30)22-9-7-20(8-10-22)21-11-13-23(28)14-12-21/h7-17,19H,2-6,18H2,1H3,(H,29,30). The Morgan fingerprint density at radius 1 is 0.892 bits per heavy atom. The molecular weight excluding hydrogens is 517 g/mol. The fourth-order valence-corrected chi connectivity index (χ4v) is 6.23. The highest BCUT2D eigenvalue weighted by Gasteiger charge is 2.24. The second kappa shape index (κ2) is 11.0. The minimum atomic E-state index is -4.37. The third kappa shape index (κ3) is 6.75. The van der Waals surface area contributed by atoms with Crippen LogP contribution in [-0.2, 0) is 19.9 Å². The van der Waals surface area contributed by atoms with E-state index in [2.05, 4.69) is 0 Å². The lowest BCUT2D eigenvalue weighted by atomic mass is 9.90. The van der Waals surface area contributed by atoms with Gasteiger partial charge in [-0.3, -0.25) is 4.79 Å². The van der Waals surface area contributed by atoms with Crippen molar-refractivity contribution in [3.05, 3.63) is 78.1 Å². The number of sulfonamides is 1. The maximum atomic E-state index is 13.1. The van der Waals surface area contributed by atoms with E-state index in [9.17, 15) is 26.0 Å². The first-order valence-corrected chi connectivity index (χ1v) is 15.3. The molecule has 0 atom stereocenters. The summed E-state index contributed by atoms with van der Waals surface area (Å²) in [4.78, 5) is 12.1. The van der Waals surface area contributed by atoms with E-state index in [1.807, 2.05) is 4.72 Å². The Kier molecular flexibility index (Phi) is 7.99. The molecule has 10 heteroatoms.